The third kappa shape index (κ3) is 3.75. The quantitative estimate of drug-likeness (QED) is 0.767. The van der Waals surface area contributed by atoms with E-state index in [1.165, 1.54) is 0 Å². The summed E-state index contributed by atoms with van der Waals surface area (Å²) in [4.78, 5) is 11.5. The minimum absolute atomic E-state index is 0.0227. The summed E-state index contributed by atoms with van der Waals surface area (Å²) in [6.07, 6.45) is 0.711. The maximum Gasteiger partial charge on any atom is 0.223 e. The number of carbonyl (C=O) groups is 1. The molecule has 3 N–H and O–H groups in total. The number of rotatable bonds is 5. The normalized spacial score (nSPS) is 12.5. The Morgan fingerprint density at radius 3 is 2.87 bits per heavy atom. The van der Waals surface area contributed by atoms with Crippen LogP contribution in [0.1, 0.15) is 24.9 Å². The molecule has 0 bridgehead atoms. The summed E-state index contributed by atoms with van der Waals surface area (Å²) < 4.78 is 5.33. The molecule has 0 saturated heterocycles. The number of hydrogen-bond acceptors (Lipinski definition) is 3. The van der Waals surface area contributed by atoms with Crippen molar-refractivity contribution in [3.05, 3.63) is 23.7 Å². The molecular weight excluding hydrogens is 192 g/mol. The van der Waals surface area contributed by atoms with E-state index in [4.69, 9.17) is 10.2 Å². The van der Waals surface area contributed by atoms with E-state index in [0.717, 1.165) is 11.5 Å². The zero-order valence-electron chi connectivity index (χ0n) is 9.25. The SMILES string of the molecule is Cc1ccc(CNC(=O)C(C)CCN)o1. The van der Waals surface area contributed by atoms with Crippen molar-refractivity contribution >= 4 is 5.91 Å². The van der Waals surface area contributed by atoms with Gasteiger partial charge in [-0.3, -0.25) is 4.79 Å². The highest BCUT2D eigenvalue weighted by Crippen LogP contribution is 2.06. The third-order valence-electron chi connectivity index (χ3n) is 2.28. The maximum atomic E-state index is 11.5. The van der Waals surface area contributed by atoms with Gasteiger partial charge in [0.15, 0.2) is 0 Å². The van der Waals surface area contributed by atoms with Gasteiger partial charge >= 0.3 is 0 Å². The van der Waals surface area contributed by atoms with E-state index in [9.17, 15) is 4.79 Å². The first-order valence-corrected chi connectivity index (χ1v) is 5.16. The zero-order valence-corrected chi connectivity index (χ0v) is 9.25. The molecule has 1 heterocycles. The molecule has 0 radical (unpaired) electrons. The second-order valence-electron chi connectivity index (χ2n) is 3.71. The second-order valence-corrected chi connectivity index (χ2v) is 3.71. The van der Waals surface area contributed by atoms with Crippen molar-refractivity contribution in [2.24, 2.45) is 11.7 Å². The number of nitrogens with two attached hydrogens (primary N) is 1. The highest BCUT2D eigenvalue weighted by molar-refractivity contribution is 5.78. The Labute approximate surface area is 89.8 Å². The van der Waals surface area contributed by atoms with Crippen molar-refractivity contribution in [3.63, 3.8) is 0 Å². The first kappa shape index (κ1) is 11.8. The van der Waals surface area contributed by atoms with Gasteiger partial charge in [0.05, 0.1) is 6.54 Å². The van der Waals surface area contributed by atoms with E-state index in [1.807, 2.05) is 26.0 Å². The van der Waals surface area contributed by atoms with Crippen LogP contribution in [-0.2, 0) is 11.3 Å². The number of furan rings is 1. The third-order valence-corrected chi connectivity index (χ3v) is 2.28. The van der Waals surface area contributed by atoms with Gasteiger partial charge in [-0.1, -0.05) is 6.92 Å². The monoisotopic (exact) mass is 210 g/mol. The summed E-state index contributed by atoms with van der Waals surface area (Å²) in [6.45, 7) is 4.73. The van der Waals surface area contributed by atoms with Crippen LogP contribution in [0.25, 0.3) is 0 Å². The lowest BCUT2D eigenvalue weighted by Crippen LogP contribution is -2.29. The van der Waals surface area contributed by atoms with Crippen molar-refractivity contribution in [2.75, 3.05) is 6.54 Å². The van der Waals surface area contributed by atoms with Gasteiger partial charge in [0.2, 0.25) is 5.91 Å². The average Bonchev–Trinajstić information content (AvgIpc) is 2.61. The topological polar surface area (TPSA) is 68.3 Å². The molecule has 1 aromatic heterocycles. The maximum absolute atomic E-state index is 11.5. The summed E-state index contributed by atoms with van der Waals surface area (Å²) in [5.41, 5.74) is 5.38. The number of hydrogen-bond donors (Lipinski definition) is 2. The highest BCUT2D eigenvalue weighted by atomic mass is 16.3. The van der Waals surface area contributed by atoms with Gasteiger partial charge in [-0.2, -0.15) is 0 Å². The van der Waals surface area contributed by atoms with Crippen molar-refractivity contribution in [1.82, 2.24) is 5.32 Å². The smallest absolute Gasteiger partial charge is 0.223 e. The Hall–Kier alpha value is -1.29. The van der Waals surface area contributed by atoms with Gasteiger partial charge in [-0.25, -0.2) is 0 Å². The van der Waals surface area contributed by atoms with Gasteiger partial charge in [0.25, 0.3) is 0 Å². The summed E-state index contributed by atoms with van der Waals surface area (Å²) in [7, 11) is 0. The van der Waals surface area contributed by atoms with E-state index in [1.54, 1.807) is 0 Å². The van der Waals surface area contributed by atoms with E-state index in [0.29, 0.717) is 19.5 Å². The van der Waals surface area contributed by atoms with Crippen molar-refractivity contribution in [1.29, 1.82) is 0 Å². The molecule has 84 valence electrons. The molecule has 4 nitrogen and oxygen atoms in total. The largest absolute Gasteiger partial charge is 0.465 e. The molecule has 0 aliphatic rings. The molecule has 0 aromatic carbocycles. The lowest BCUT2D eigenvalue weighted by Gasteiger charge is -2.09. The Morgan fingerprint density at radius 2 is 2.33 bits per heavy atom. The van der Waals surface area contributed by atoms with Crippen LogP contribution in [0, 0.1) is 12.8 Å². The molecular formula is C11H18N2O2. The van der Waals surface area contributed by atoms with Gasteiger partial charge in [-0.15, -0.1) is 0 Å². The van der Waals surface area contributed by atoms with Crippen LogP contribution in [0.15, 0.2) is 16.5 Å². The first-order chi connectivity index (χ1) is 7.13. The van der Waals surface area contributed by atoms with E-state index in [2.05, 4.69) is 5.32 Å². The van der Waals surface area contributed by atoms with Gasteiger partial charge in [0, 0.05) is 5.92 Å². The fourth-order valence-electron chi connectivity index (χ4n) is 1.31. The van der Waals surface area contributed by atoms with Crippen LogP contribution in [-0.4, -0.2) is 12.5 Å². The summed E-state index contributed by atoms with van der Waals surface area (Å²) in [6, 6.07) is 3.74. The molecule has 4 heteroatoms. The van der Waals surface area contributed by atoms with E-state index >= 15 is 0 Å². The van der Waals surface area contributed by atoms with Crippen LogP contribution in [0.4, 0.5) is 0 Å². The number of carbonyl (C=O) groups excluding carboxylic acids is 1. The fraction of sp³-hybridized carbons (Fsp3) is 0.545. The van der Waals surface area contributed by atoms with Gasteiger partial charge in [-0.05, 0) is 32.0 Å². The number of aryl methyl sites for hydroxylation is 1. The Balaban J connectivity index is 2.34. The predicted octanol–water partition coefficient (Wildman–Crippen LogP) is 1.19. The molecule has 1 rings (SSSR count). The highest BCUT2D eigenvalue weighted by Gasteiger charge is 2.11. The first-order valence-electron chi connectivity index (χ1n) is 5.16. The summed E-state index contributed by atoms with van der Waals surface area (Å²) in [5, 5.41) is 2.81. The second kappa shape index (κ2) is 5.56. The summed E-state index contributed by atoms with van der Waals surface area (Å²) >= 11 is 0. The molecule has 1 aromatic rings. The molecule has 0 aliphatic heterocycles. The standard InChI is InChI=1S/C11H18N2O2/c1-8(5-6-12)11(14)13-7-10-4-3-9(2)15-10/h3-4,8H,5-7,12H2,1-2H3,(H,13,14). The van der Waals surface area contributed by atoms with Crippen molar-refractivity contribution in [2.45, 2.75) is 26.8 Å². The van der Waals surface area contributed by atoms with E-state index < -0.39 is 0 Å². The van der Waals surface area contributed by atoms with E-state index in [-0.39, 0.29) is 11.8 Å². The number of amides is 1. The molecule has 0 aliphatic carbocycles. The molecule has 1 unspecified atom stereocenters. The van der Waals surface area contributed by atoms with Crippen molar-refractivity contribution < 1.29 is 9.21 Å². The molecule has 15 heavy (non-hydrogen) atoms. The summed E-state index contributed by atoms with van der Waals surface area (Å²) in [5.74, 6) is 1.62. The van der Waals surface area contributed by atoms with Crippen LogP contribution in [0.5, 0.6) is 0 Å². The molecule has 1 atom stereocenters. The fourth-order valence-corrected chi connectivity index (χ4v) is 1.31. The minimum Gasteiger partial charge on any atom is -0.465 e. The van der Waals surface area contributed by atoms with Gasteiger partial charge in [0.1, 0.15) is 11.5 Å². The van der Waals surface area contributed by atoms with Crippen LogP contribution in [0.2, 0.25) is 0 Å². The van der Waals surface area contributed by atoms with Crippen molar-refractivity contribution in [3.8, 4) is 0 Å². The molecule has 0 spiro atoms. The predicted molar refractivity (Wildman–Crippen MR) is 58.1 cm³/mol. The molecule has 0 saturated carbocycles. The molecule has 1 amide bonds. The lowest BCUT2D eigenvalue weighted by molar-refractivity contribution is -0.124. The minimum atomic E-state index is -0.0361. The number of nitrogens with one attached hydrogen (secondary N) is 1. The average molecular weight is 210 g/mol. The van der Waals surface area contributed by atoms with Crippen LogP contribution in [0.3, 0.4) is 0 Å². The lowest BCUT2D eigenvalue weighted by atomic mass is 10.1. The zero-order chi connectivity index (χ0) is 11.3. The van der Waals surface area contributed by atoms with Crippen LogP contribution < -0.4 is 11.1 Å². The molecule has 0 fully saturated rings. The Morgan fingerprint density at radius 1 is 1.60 bits per heavy atom. The van der Waals surface area contributed by atoms with Crippen LogP contribution >= 0.6 is 0 Å². The Kier molecular flexibility index (Phi) is 4.37. The van der Waals surface area contributed by atoms with Gasteiger partial charge < -0.3 is 15.5 Å². The Bertz CT molecular complexity index is 320.